The predicted molar refractivity (Wildman–Crippen MR) is 162 cm³/mol. The van der Waals surface area contributed by atoms with Crippen LogP contribution in [0.2, 0.25) is 0 Å². The van der Waals surface area contributed by atoms with E-state index >= 15 is 0 Å². The molecule has 2 aromatic rings. The third-order valence-corrected chi connectivity index (χ3v) is 6.98. The second-order valence-electron chi connectivity index (χ2n) is 10.4. The van der Waals surface area contributed by atoms with Crippen LogP contribution in [-0.2, 0) is 0 Å². The van der Waals surface area contributed by atoms with Gasteiger partial charge in [0, 0.05) is 5.56 Å². The summed E-state index contributed by atoms with van der Waals surface area (Å²) in [5.74, 6) is 1.71. The van der Waals surface area contributed by atoms with Crippen LogP contribution < -0.4 is 9.47 Å². The molecule has 0 aromatic heterocycles. The molecule has 38 heavy (non-hydrogen) atoms. The van der Waals surface area contributed by atoms with Gasteiger partial charge in [-0.05, 0) is 60.9 Å². The third kappa shape index (κ3) is 15.0. The average Bonchev–Trinajstić information content (AvgIpc) is 2.95. The second-order valence-corrected chi connectivity index (χ2v) is 10.4. The molecule has 0 fully saturated rings. The molecule has 0 radical (unpaired) electrons. The number of ketones is 1. The van der Waals surface area contributed by atoms with E-state index < -0.39 is 0 Å². The van der Waals surface area contributed by atoms with E-state index in [0.717, 1.165) is 43.1 Å². The SMILES string of the molecule is CCCCCCCCCCOc1ccc(/C=C/C(=O)c2ccc(OCCCCCCCCCC)cc2)cc1. The van der Waals surface area contributed by atoms with Gasteiger partial charge in [-0.3, -0.25) is 4.79 Å². The lowest BCUT2D eigenvalue weighted by Gasteiger charge is -2.07. The molecule has 0 saturated carbocycles. The Hall–Kier alpha value is -2.55. The number of unbranched alkanes of at least 4 members (excludes halogenated alkanes) is 14. The third-order valence-electron chi connectivity index (χ3n) is 6.98. The minimum Gasteiger partial charge on any atom is -0.494 e. The van der Waals surface area contributed by atoms with Crippen LogP contribution in [0.25, 0.3) is 6.08 Å². The van der Waals surface area contributed by atoms with Gasteiger partial charge in [0.25, 0.3) is 0 Å². The zero-order valence-corrected chi connectivity index (χ0v) is 24.2. The van der Waals surface area contributed by atoms with Gasteiger partial charge < -0.3 is 9.47 Å². The lowest BCUT2D eigenvalue weighted by atomic mass is 10.1. The van der Waals surface area contributed by atoms with Crippen LogP contribution in [0, 0.1) is 0 Å². The Labute approximate surface area is 233 Å². The summed E-state index contributed by atoms with van der Waals surface area (Å²) in [6.07, 6.45) is 24.2. The van der Waals surface area contributed by atoms with E-state index in [9.17, 15) is 4.79 Å². The van der Waals surface area contributed by atoms with Crippen LogP contribution in [0.4, 0.5) is 0 Å². The largest absolute Gasteiger partial charge is 0.494 e. The number of hydrogen-bond donors (Lipinski definition) is 0. The molecule has 3 heteroatoms. The minimum absolute atomic E-state index is 0.00496. The van der Waals surface area contributed by atoms with Gasteiger partial charge in [-0.25, -0.2) is 0 Å². The van der Waals surface area contributed by atoms with Crippen molar-refractivity contribution in [2.75, 3.05) is 13.2 Å². The van der Waals surface area contributed by atoms with Gasteiger partial charge in [0.05, 0.1) is 13.2 Å². The first-order chi connectivity index (χ1) is 18.7. The van der Waals surface area contributed by atoms with Gasteiger partial charge in [0.2, 0.25) is 0 Å². The molecule has 0 saturated heterocycles. The highest BCUT2D eigenvalue weighted by Gasteiger charge is 2.03. The smallest absolute Gasteiger partial charge is 0.185 e. The van der Waals surface area contributed by atoms with Crippen LogP contribution in [0.3, 0.4) is 0 Å². The molecule has 0 spiro atoms. The highest BCUT2D eigenvalue weighted by molar-refractivity contribution is 6.06. The van der Waals surface area contributed by atoms with Crippen molar-refractivity contribution < 1.29 is 14.3 Å². The quantitative estimate of drug-likeness (QED) is 0.0830. The van der Waals surface area contributed by atoms with Crippen LogP contribution in [0.5, 0.6) is 11.5 Å². The van der Waals surface area contributed by atoms with E-state index in [1.165, 1.54) is 89.9 Å². The fourth-order valence-electron chi connectivity index (χ4n) is 4.51. The molecule has 0 bridgehead atoms. The Balaban J connectivity index is 1.60. The number of carbonyl (C=O) groups excluding carboxylic acids is 1. The Morgan fingerprint density at radius 2 is 0.947 bits per heavy atom. The molecule has 0 aliphatic carbocycles. The highest BCUT2D eigenvalue weighted by Crippen LogP contribution is 2.17. The molecule has 0 atom stereocenters. The van der Waals surface area contributed by atoms with Gasteiger partial charge in [-0.2, -0.15) is 0 Å². The molecule has 2 rings (SSSR count). The minimum atomic E-state index is -0.00496. The first-order valence-electron chi connectivity index (χ1n) is 15.4. The Bertz CT molecular complexity index is 867. The van der Waals surface area contributed by atoms with Crippen molar-refractivity contribution in [1.82, 2.24) is 0 Å². The molecule has 0 unspecified atom stereocenters. The molecule has 0 amide bonds. The number of benzene rings is 2. The number of ether oxygens (including phenoxy) is 2. The van der Waals surface area contributed by atoms with Gasteiger partial charge in [0.15, 0.2) is 5.78 Å². The molecule has 3 nitrogen and oxygen atoms in total. The van der Waals surface area contributed by atoms with E-state index in [4.69, 9.17) is 9.47 Å². The molecule has 0 aliphatic heterocycles. The molecular weight excluding hydrogens is 468 g/mol. The maximum absolute atomic E-state index is 12.6. The van der Waals surface area contributed by atoms with Gasteiger partial charge in [-0.15, -0.1) is 0 Å². The van der Waals surface area contributed by atoms with Crippen LogP contribution in [0.15, 0.2) is 54.6 Å². The van der Waals surface area contributed by atoms with E-state index in [2.05, 4.69) is 13.8 Å². The van der Waals surface area contributed by atoms with E-state index in [-0.39, 0.29) is 5.78 Å². The van der Waals surface area contributed by atoms with Crippen molar-refractivity contribution in [2.24, 2.45) is 0 Å². The zero-order chi connectivity index (χ0) is 27.1. The molecule has 2 aromatic carbocycles. The zero-order valence-electron chi connectivity index (χ0n) is 24.2. The van der Waals surface area contributed by atoms with Crippen molar-refractivity contribution in [3.63, 3.8) is 0 Å². The van der Waals surface area contributed by atoms with E-state index in [1.807, 2.05) is 54.6 Å². The standard InChI is InChI=1S/C35H52O3/c1-3-5-7-9-11-13-15-17-29-37-33-24-19-31(20-25-33)21-28-35(36)32-22-26-34(27-23-32)38-30-18-16-14-12-10-8-6-4-2/h19-28H,3-18,29-30H2,1-2H3/b28-21+. The number of carbonyl (C=O) groups is 1. The maximum atomic E-state index is 12.6. The number of rotatable bonds is 23. The number of hydrogen-bond acceptors (Lipinski definition) is 3. The normalized spacial score (nSPS) is 11.2. The Morgan fingerprint density at radius 3 is 1.39 bits per heavy atom. The molecule has 0 N–H and O–H groups in total. The van der Waals surface area contributed by atoms with Gasteiger partial charge in [-0.1, -0.05) is 122 Å². The van der Waals surface area contributed by atoms with Gasteiger partial charge in [0.1, 0.15) is 11.5 Å². The topological polar surface area (TPSA) is 35.5 Å². The summed E-state index contributed by atoms with van der Waals surface area (Å²) in [6, 6.07) is 15.4. The summed E-state index contributed by atoms with van der Waals surface area (Å²) in [5.41, 5.74) is 1.66. The highest BCUT2D eigenvalue weighted by atomic mass is 16.5. The Kier molecular flexibility index (Phi) is 17.8. The average molecular weight is 521 g/mol. The first-order valence-corrected chi connectivity index (χ1v) is 15.4. The van der Waals surface area contributed by atoms with Crippen LogP contribution in [-0.4, -0.2) is 19.0 Å². The number of allylic oxidation sites excluding steroid dienone is 1. The summed E-state index contributed by atoms with van der Waals surface area (Å²) in [6.45, 7) is 6.02. The van der Waals surface area contributed by atoms with E-state index in [1.54, 1.807) is 6.08 Å². The molecular formula is C35H52O3. The predicted octanol–water partition coefficient (Wildman–Crippen LogP) is 10.6. The van der Waals surface area contributed by atoms with Crippen molar-refractivity contribution in [2.45, 2.75) is 117 Å². The summed E-state index contributed by atoms with van der Waals surface area (Å²) in [4.78, 5) is 12.6. The van der Waals surface area contributed by atoms with E-state index in [0.29, 0.717) is 5.56 Å². The van der Waals surface area contributed by atoms with Gasteiger partial charge >= 0.3 is 0 Å². The Morgan fingerprint density at radius 1 is 0.553 bits per heavy atom. The van der Waals surface area contributed by atoms with Crippen molar-refractivity contribution in [3.8, 4) is 11.5 Å². The lowest BCUT2D eigenvalue weighted by Crippen LogP contribution is -1.99. The summed E-state index contributed by atoms with van der Waals surface area (Å²) in [5, 5.41) is 0. The van der Waals surface area contributed by atoms with Crippen LogP contribution in [0.1, 0.15) is 133 Å². The second kappa shape index (κ2) is 21.4. The molecule has 210 valence electrons. The molecule has 0 heterocycles. The fraction of sp³-hybridized carbons (Fsp3) is 0.571. The van der Waals surface area contributed by atoms with Crippen molar-refractivity contribution in [1.29, 1.82) is 0 Å². The summed E-state index contributed by atoms with van der Waals surface area (Å²) < 4.78 is 11.7. The van der Waals surface area contributed by atoms with Crippen LogP contribution >= 0.6 is 0 Å². The fourth-order valence-corrected chi connectivity index (χ4v) is 4.51. The van der Waals surface area contributed by atoms with Crippen molar-refractivity contribution >= 4 is 11.9 Å². The van der Waals surface area contributed by atoms with Crippen molar-refractivity contribution in [3.05, 3.63) is 65.7 Å². The monoisotopic (exact) mass is 520 g/mol. The summed E-state index contributed by atoms with van der Waals surface area (Å²) >= 11 is 0. The maximum Gasteiger partial charge on any atom is 0.185 e. The summed E-state index contributed by atoms with van der Waals surface area (Å²) in [7, 11) is 0. The lowest BCUT2D eigenvalue weighted by molar-refractivity contribution is 0.104. The first kappa shape index (κ1) is 31.7. The molecule has 0 aliphatic rings.